The highest BCUT2D eigenvalue weighted by atomic mass is 19.2. The van der Waals surface area contributed by atoms with Crippen LogP contribution in [0, 0.1) is 30.9 Å². The first kappa shape index (κ1) is 31.9. The van der Waals surface area contributed by atoms with Crippen LogP contribution in [0.2, 0.25) is 0 Å². The van der Waals surface area contributed by atoms with Crippen molar-refractivity contribution in [1.29, 1.82) is 0 Å². The molecule has 1 N–H and O–H groups in total. The minimum absolute atomic E-state index is 0.147. The van der Waals surface area contributed by atoms with Crippen LogP contribution < -0.4 is 9.64 Å². The molecule has 2 aliphatic rings. The van der Waals surface area contributed by atoms with Crippen LogP contribution in [0.15, 0.2) is 36.4 Å². The highest BCUT2D eigenvalue weighted by molar-refractivity contribution is 5.88. The standard InChI is InChI=1S/C36H44F2N2O4/c1-21-30(25-10-13-29-24(20-25)9-11-26(43-29)18-23-8-12-27(37)28(38)19-23)32(40-16-14-36(6,7)15-17-40)31(22(2)39-21)33(34(41)42)44-35(3,4)5/h8,10,12-13,19-20,26,33H,9,11,14-18H2,1-7H3,(H,41,42)/t26-,33?/m0/s1. The maximum Gasteiger partial charge on any atom is 0.337 e. The lowest BCUT2D eigenvalue weighted by molar-refractivity contribution is -0.160. The van der Waals surface area contributed by atoms with Gasteiger partial charge in [-0.3, -0.25) is 4.98 Å². The second-order valence-electron chi connectivity index (χ2n) is 14.1. The summed E-state index contributed by atoms with van der Waals surface area (Å²) >= 11 is 0. The van der Waals surface area contributed by atoms with Crippen LogP contribution in [-0.2, 0) is 22.4 Å². The molecule has 3 aromatic rings. The number of aryl methyl sites for hydroxylation is 3. The summed E-state index contributed by atoms with van der Waals surface area (Å²) in [5.74, 6) is -1.97. The molecule has 1 fully saturated rings. The van der Waals surface area contributed by atoms with Gasteiger partial charge in [-0.25, -0.2) is 13.6 Å². The summed E-state index contributed by atoms with van der Waals surface area (Å²) in [6, 6.07) is 10.1. The molecule has 6 nitrogen and oxygen atoms in total. The molecule has 1 aromatic heterocycles. The van der Waals surface area contributed by atoms with Gasteiger partial charge < -0.3 is 19.5 Å². The number of hydrogen-bond donors (Lipinski definition) is 1. The Labute approximate surface area is 259 Å². The summed E-state index contributed by atoms with van der Waals surface area (Å²) in [7, 11) is 0. The average Bonchev–Trinajstić information content (AvgIpc) is 2.93. The lowest BCUT2D eigenvalue weighted by Crippen LogP contribution is -2.39. The number of aliphatic carboxylic acids is 1. The Morgan fingerprint density at radius 1 is 1.09 bits per heavy atom. The Balaban J connectivity index is 1.56. The van der Waals surface area contributed by atoms with Crippen LogP contribution >= 0.6 is 0 Å². The highest BCUT2D eigenvalue weighted by Gasteiger charge is 2.36. The van der Waals surface area contributed by atoms with Gasteiger partial charge in [-0.1, -0.05) is 26.0 Å². The van der Waals surface area contributed by atoms with E-state index in [1.54, 1.807) is 6.07 Å². The fourth-order valence-corrected chi connectivity index (χ4v) is 6.43. The number of ether oxygens (including phenoxy) is 2. The molecule has 3 heterocycles. The van der Waals surface area contributed by atoms with E-state index in [0.717, 1.165) is 78.7 Å². The van der Waals surface area contributed by atoms with Gasteiger partial charge in [0.2, 0.25) is 0 Å². The van der Waals surface area contributed by atoms with Crippen LogP contribution in [0.5, 0.6) is 5.75 Å². The van der Waals surface area contributed by atoms with E-state index in [1.807, 2.05) is 46.8 Å². The number of aromatic nitrogens is 1. The van der Waals surface area contributed by atoms with E-state index >= 15 is 0 Å². The first-order chi connectivity index (χ1) is 20.6. The molecule has 0 amide bonds. The molecule has 2 atom stereocenters. The number of piperidine rings is 1. The topological polar surface area (TPSA) is 71.9 Å². The van der Waals surface area contributed by atoms with Gasteiger partial charge in [0.05, 0.1) is 11.3 Å². The number of carbonyl (C=O) groups is 1. The minimum Gasteiger partial charge on any atom is -0.490 e. The zero-order valence-corrected chi connectivity index (χ0v) is 26.9. The van der Waals surface area contributed by atoms with Crippen molar-refractivity contribution in [2.45, 2.75) is 98.4 Å². The predicted octanol–water partition coefficient (Wildman–Crippen LogP) is 8.15. The summed E-state index contributed by atoms with van der Waals surface area (Å²) in [4.78, 5) is 20.0. The summed E-state index contributed by atoms with van der Waals surface area (Å²) in [5.41, 5.74) is 6.13. The Morgan fingerprint density at radius 3 is 2.43 bits per heavy atom. The molecule has 0 aliphatic carbocycles. The number of carboxylic acid groups (broad SMARTS) is 1. The second kappa shape index (κ2) is 12.1. The molecule has 5 rings (SSSR count). The molecule has 0 saturated carbocycles. The number of rotatable bonds is 7. The fourth-order valence-electron chi connectivity index (χ4n) is 6.43. The van der Waals surface area contributed by atoms with Crippen molar-refractivity contribution in [2.24, 2.45) is 5.41 Å². The number of benzene rings is 2. The lowest BCUT2D eigenvalue weighted by Gasteiger charge is -2.41. The molecule has 8 heteroatoms. The molecular formula is C36H44F2N2O4. The number of fused-ring (bicyclic) bond motifs is 1. The van der Waals surface area contributed by atoms with Crippen LogP contribution in [0.4, 0.5) is 14.5 Å². The van der Waals surface area contributed by atoms with Crippen molar-refractivity contribution in [1.82, 2.24) is 4.98 Å². The largest absolute Gasteiger partial charge is 0.490 e. The molecule has 44 heavy (non-hydrogen) atoms. The van der Waals surface area contributed by atoms with Gasteiger partial charge in [0, 0.05) is 42.0 Å². The highest BCUT2D eigenvalue weighted by Crippen LogP contribution is 2.46. The van der Waals surface area contributed by atoms with Gasteiger partial charge in [-0.05, 0) is 107 Å². The van der Waals surface area contributed by atoms with Crippen LogP contribution in [0.3, 0.4) is 0 Å². The van der Waals surface area contributed by atoms with Crippen molar-refractivity contribution in [3.63, 3.8) is 0 Å². The molecule has 236 valence electrons. The molecular weight excluding hydrogens is 562 g/mol. The van der Waals surface area contributed by atoms with Crippen molar-refractivity contribution in [2.75, 3.05) is 18.0 Å². The zero-order valence-electron chi connectivity index (χ0n) is 26.9. The van der Waals surface area contributed by atoms with E-state index in [-0.39, 0.29) is 11.5 Å². The summed E-state index contributed by atoms with van der Waals surface area (Å²) in [6.07, 6.45) is 2.64. The second-order valence-corrected chi connectivity index (χ2v) is 14.1. The van der Waals surface area contributed by atoms with Crippen molar-refractivity contribution in [3.8, 4) is 16.9 Å². The lowest BCUT2D eigenvalue weighted by atomic mass is 9.81. The first-order valence-corrected chi connectivity index (χ1v) is 15.5. The van der Waals surface area contributed by atoms with E-state index in [2.05, 4.69) is 24.8 Å². The Morgan fingerprint density at radius 2 is 1.80 bits per heavy atom. The van der Waals surface area contributed by atoms with Crippen molar-refractivity contribution >= 4 is 11.7 Å². The SMILES string of the molecule is Cc1nc(C)c(C(OC(C)(C)C)C(=O)O)c(N2CCC(C)(C)CC2)c1-c1ccc2c(c1)CC[C@@H](Cc1ccc(F)c(F)c1)O2. The van der Waals surface area contributed by atoms with Gasteiger partial charge in [-0.2, -0.15) is 0 Å². The monoisotopic (exact) mass is 606 g/mol. The summed E-state index contributed by atoms with van der Waals surface area (Å²) < 4.78 is 39.7. The molecule has 2 aromatic carbocycles. The first-order valence-electron chi connectivity index (χ1n) is 15.5. The Hall–Kier alpha value is -3.52. The fraction of sp³-hybridized carbons (Fsp3) is 0.500. The predicted molar refractivity (Wildman–Crippen MR) is 168 cm³/mol. The minimum atomic E-state index is -1.18. The number of hydrogen-bond acceptors (Lipinski definition) is 5. The number of nitrogens with zero attached hydrogens (tertiary/aromatic N) is 2. The van der Waals surface area contributed by atoms with Gasteiger partial charge in [-0.15, -0.1) is 0 Å². The van der Waals surface area contributed by atoms with Crippen LogP contribution in [-0.4, -0.2) is 40.9 Å². The average molecular weight is 607 g/mol. The van der Waals surface area contributed by atoms with Crippen LogP contribution in [0.1, 0.15) is 88.1 Å². The van der Waals surface area contributed by atoms with E-state index in [9.17, 15) is 18.7 Å². The van der Waals surface area contributed by atoms with E-state index in [0.29, 0.717) is 23.2 Å². The van der Waals surface area contributed by atoms with Crippen LogP contribution in [0.25, 0.3) is 11.1 Å². The Bertz CT molecular complexity index is 1550. The molecule has 0 radical (unpaired) electrons. The van der Waals surface area contributed by atoms with Gasteiger partial charge in [0.25, 0.3) is 0 Å². The third-order valence-electron chi connectivity index (χ3n) is 8.80. The zero-order chi connectivity index (χ0) is 32.0. The molecule has 2 aliphatic heterocycles. The van der Waals surface area contributed by atoms with Gasteiger partial charge >= 0.3 is 5.97 Å². The number of pyridine rings is 1. The maximum atomic E-state index is 13.8. The smallest absolute Gasteiger partial charge is 0.337 e. The van der Waals surface area contributed by atoms with E-state index in [4.69, 9.17) is 14.5 Å². The van der Waals surface area contributed by atoms with Crippen molar-refractivity contribution < 1.29 is 28.2 Å². The number of anilines is 1. The van der Waals surface area contributed by atoms with Crippen molar-refractivity contribution in [3.05, 3.63) is 76.1 Å². The molecule has 1 unspecified atom stereocenters. The third kappa shape index (κ3) is 6.90. The third-order valence-corrected chi connectivity index (χ3v) is 8.80. The van der Waals surface area contributed by atoms with Gasteiger partial charge in [0.1, 0.15) is 11.9 Å². The number of halogens is 2. The Kier molecular flexibility index (Phi) is 8.78. The van der Waals surface area contributed by atoms with E-state index < -0.39 is 29.3 Å². The maximum absolute atomic E-state index is 13.8. The van der Waals surface area contributed by atoms with E-state index in [1.165, 1.54) is 6.07 Å². The summed E-state index contributed by atoms with van der Waals surface area (Å²) in [5, 5.41) is 10.4. The van der Waals surface area contributed by atoms with Gasteiger partial charge in [0.15, 0.2) is 17.7 Å². The molecule has 1 saturated heterocycles. The normalized spacial score (nSPS) is 18.8. The molecule has 0 bridgehead atoms. The quantitative estimate of drug-likeness (QED) is 0.293. The molecule has 0 spiro atoms. The summed E-state index contributed by atoms with van der Waals surface area (Å²) in [6.45, 7) is 15.6. The number of carboxylic acids is 1.